The maximum atomic E-state index is 10.9. The van der Waals surface area contributed by atoms with Crippen LogP contribution >= 0.6 is 0 Å². The SMILES string of the molecule is CCCNC(COC)Cc1ccncc1[N+](=O)[O-]. The summed E-state index contributed by atoms with van der Waals surface area (Å²) >= 11 is 0. The van der Waals surface area contributed by atoms with Crippen LogP contribution in [0, 0.1) is 10.1 Å². The second-order valence-electron chi connectivity index (χ2n) is 4.07. The van der Waals surface area contributed by atoms with Crippen molar-refractivity contribution in [1.29, 1.82) is 0 Å². The lowest BCUT2D eigenvalue weighted by atomic mass is 10.1. The molecule has 1 aromatic heterocycles. The Kier molecular flexibility index (Phi) is 6.24. The lowest BCUT2D eigenvalue weighted by Gasteiger charge is -2.17. The number of methoxy groups -OCH3 is 1. The standard InChI is InChI=1S/C12H19N3O3/c1-3-5-14-11(9-18-2)7-10-4-6-13-8-12(10)15(16)17/h4,6,8,11,14H,3,5,7,9H2,1-2H3. The van der Waals surface area contributed by atoms with Crippen molar-refractivity contribution < 1.29 is 9.66 Å². The van der Waals surface area contributed by atoms with E-state index in [1.54, 1.807) is 19.4 Å². The Morgan fingerprint density at radius 3 is 3.00 bits per heavy atom. The Bertz CT molecular complexity index is 385. The molecule has 6 heteroatoms. The molecular weight excluding hydrogens is 234 g/mol. The van der Waals surface area contributed by atoms with Gasteiger partial charge in [0.25, 0.3) is 5.69 Å². The zero-order valence-corrected chi connectivity index (χ0v) is 10.8. The summed E-state index contributed by atoms with van der Waals surface area (Å²) in [6.45, 7) is 3.47. The number of nitrogens with zero attached hydrogens (tertiary/aromatic N) is 2. The molecule has 100 valence electrons. The third-order valence-corrected chi connectivity index (χ3v) is 2.60. The fourth-order valence-electron chi connectivity index (χ4n) is 1.76. The fourth-order valence-corrected chi connectivity index (χ4v) is 1.76. The topological polar surface area (TPSA) is 77.3 Å². The molecule has 1 unspecified atom stereocenters. The van der Waals surface area contributed by atoms with Gasteiger partial charge in [0.2, 0.25) is 0 Å². The monoisotopic (exact) mass is 253 g/mol. The van der Waals surface area contributed by atoms with Crippen LogP contribution in [0.3, 0.4) is 0 Å². The van der Waals surface area contributed by atoms with E-state index < -0.39 is 4.92 Å². The van der Waals surface area contributed by atoms with E-state index in [4.69, 9.17) is 4.74 Å². The largest absolute Gasteiger partial charge is 0.383 e. The second kappa shape index (κ2) is 7.73. The number of aromatic nitrogens is 1. The summed E-state index contributed by atoms with van der Waals surface area (Å²) in [6.07, 6.45) is 4.44. The summed E-state index contributed by atoms with van der Waals surface area (Å²) in [5.41, 5.74) is 0.748. The predicted molar refractivity (Wildman–Crippen MR) is 68.6 cm³/mol. The Labute approximate surface area is 107 Å². The molecule has 0 saturated heterocycles. The lowest BCUT2D eigenvalue weighted by molar-refractivity contribution is -0.385. The van der Waals surface area contributed by atoms with Gasteiger partial charge < -0.3 is 10.1 Å². The van der Waals surface area contributed by atoms with Gasteiger partial charge in [-0.2, -0.15) is 0 Å². The minimum absolute atomic E-state index is 0.0666. The van der Waals surface area contributed by atoms with Crippen molar-refractivity contribution in [1.82, 2.24) is 10.3 Å². The quantitative estimate of drug-likeness (QED) is 0.561. The molecule has 0 aliphatic carbocycles. The van der Waals surface area contributed by atoms with Crippen LogP contribution in [0.4, 0.5) is 5.69 Å². The molecule has 1 aromatic rings. The number of ether oxygens (including phenoxy) is 1. The van der Waals surface area contributed by atoms with Crippen LogP contribution in [0.2, 0.25) is 0 Å². The lowest BCUT2D eigenvalue weighted by Crippen LogP contribution is -2.35. The third kappa shape index (κ3) is 4.38. The normalized spacial score (nSPS) is 12.3. The molecule has 0 bridgehead atoms. The molecule has 0 aliphatic heterocycles. The van der Waals surface area contributed by atoms with Gasteiger partial charge in [-0.15, -0.1) is 0 Å². The molecule has 0 fully saturated rings. The van der Waals surface area contributed by atoms with E-state index in [1.165, 1.54) is 6.20 Å². The average molecular weight is 253 g/mol. The first-order valence-corrected chi connectivity index (χ1v) is 5.98. The second-order valence-corrected chi connectivity index (χ2v) is 4.07. The fraction of sp³-hybridized carbons (Fsp3) is 0.583. The number of pyridine rings is 1. The highest BCUT2D eigenvalue weighted by atomic mass is 16.6. The molecule has 0 saturated carbocycles. The van der Waals surface area contributed by atoms with Crippen molar-refractivity contribution in [3.05, 3.63) is 34.1 Å². The van der Waals surface area contributed by atoms with Gasteiger partial charge in [-0.3, -0.25) is 15.1 Å². The zero-order valence-electron chi connectivity index (χ0n) is 10.8. The Morgan fingerprint density at radius 2 is 2.39 bits per heavy atom. The predicted octanol–water partition coefficient (Wildman–Crippen LogP) is 1.55. The summed E-state index contributed by atoms with van der Waals surface area (Å²) in [5, 5.41) is 14.2. The molecule has 1 heterocycles. The van der Waals surface area contributed by atoms with Gasteiger partial charge in [0.05, 0.1) is 11.5 Å². The van der Waals surface area contributed by atoms with E-state index in [-0.39, 0.29) is 11.7 Å². The smallest absolute Gasteiger partial charge is 0.290 e. The highest BCUT2D eigenvalue weighted by Crippen LogP contribution is 2.17. The number of hydrogen-bond donors (Lipinski definition) is 1. The summed E-state index contributed by atoms with van der Waals surface area (Å²) < 4.78 is 5.13. The average Bonchev–Trinajstić information content (AvgIpc) is 2.36. The van der Waals surface area contributed by atoms with Gasteiger partial charge in [0, 0.05) is 24.9 Å². The van der Waals surface area contributed by atoms with Crippen molar-refractivity contribution in [3.63, 3.8) is 0 Å². The maximum Gasteiger partial charge on any atom is 0.290 e. The van der Waals surface area contributed by atoms with Crippen LogP contribution < -0.4 is 5.32 Å². The third-order valence-electron chi connectivity index (χ3n) is 2.60. The molecule has 0 aliphatic rings. The van der Waals surface area contributed by atoms with Crippen molar-refractivity contribution in [2.75, 3.05) is 20.3 Å². The number of rotatable bonds is 8. The van der Waals surface area contributed by atoms with Gasteiger partial charge in [-0.1, -0.05) is 6.92 Å². The van der Waals surface area contributed by atoms with Crippen LogP contribution in [0.5, 0.6) is 0 Å². The summed E-state index contributed by atoms with van der Waals surface area (Å²) in [5.74, 6) is 0. The van der Waals surface area contributed by atoms with Crippen LogP contribution in [-0.4, -0.2) is 36.2 Å². The van der Waals surface area contributed by atoms with Crippen molar-refractivity contribution in [2.24, 2.45) is 0 Å². The molecule has 0 spiro atoms. The maximum absolute atomic E-state index is 10.9. The molecule has 0 aromatic carbocycles. The number of hydrogen-bond acceptors (Lipinski definition) is 5. The van der Waals surface area contributed by atoms with Gasteiger partial charge in [0.15, 0.2) is 0 Å². The van der Waals surface area contributed by atoms with Gasteiger partial charge in [0.1, 0.15) is 6.20 Å². The molecule has 6 nitrogen and oxygen atoms in total. The minimum Gasteiger partial charge on any atom is -0.383 e. The molecular formula is C12H19N3O3. The first-order chi connectivity index (χ1) is 8.69. The van der Waals surface area contributed by atoms with E-state index in [0.717, 1.165) is 13.0 Å². The van der Waals surface area contributed by atoms with E-state index in [9.17, 15) is 10.1 Å². The molecule has 18 heavy (non-hydrogen) atoms. The zero-order chi connectivity index (χ0) is 13.4. The summed E-state index contributed by atoms with van der Waals surface area (Å²) in [4.78, 5) is 14.3. The van der Waals surface area contributed by atoms with E-state index in [2.05, 4.69) is 17.2 Å². The van der Waals surface area contributed by atoms with Crippen molar-refractivity contribution >= 4 is 5.69 Å². The first-order valence-electron chi connectivity index (χ1n) is 5.98. The summed E-state index contributed by atoms with van der Waals surface area (Å²) in [7, 11) is 1.63. The van der Waals surface area contributed by atoms with Crippen LogP contribution in [-0.2, 0) is 11.2 Å². The summed E-state index contributed by atoms with van der Waals surface area (Å²) in [6, 6.07) is 1.77. The van der Waals surface area contributed by atoms with Gasteiger partial charge >= 0.3 is 0 Å². The van der Waals surface area contributed by atoms with Gasteiger partial charge in [-0.05, 0) is 25.5 Å². The highest BCUT2D eigenvalue weighted by molar-refractivity contribution is 5.37. The van der Waals surface area contributed by atoms with Crippen LogP contribution in [0.1, 0.15) is 18.9 Å². The highest BCUT2D eigenvalue weighted by Gasteiger charge is 2.17. The van der Waals surface area contributed by atoms with E-state index >= 15 is 0 Å². The molecule has 0 amide bonds. The Hall–Kier alpha value is -1.53. The molecule has 0 radical (unpaired) electrons. The van der Waals surface area contributed by atoms with Crippen molar-refractivity contribution in [3.8, 4) is 0 Å². The molecule has 1 rings (SSSR count). The Balaban J connectivity index is 2.76. The van der Waals surface area contributed by atoms with Crippen LogP contribution in [0.15, 0.2) is 18.5 Å². The Morgan fingerprint density at radius 1 is 1.61 bits per heavy atom. The van der Waals surface area contributed by atoms with E-state index in [1.807, 2.05) is 0 Å². The van der Waals surface area contributed by atoms with Gasteiger partial charge in [-0.25, -0.2) is 0 Å². The minimum atomic E-state index is -0.397. The number of nitrogens with one attached hydrogen (secondary N) is 1. The van der Waals surface area contributed by atoms with E-state index in [0.29, 0.717) is 18.6 Å². The van der Waals surface area contributed by atoms with Crippen molar-refractivity contribution in [2.45, 2.75) is 25.8 Å². The molecule has 1 N–H and O–H groups in total. The first kappa shape index (κ1) is 14.5. The number of nitro groups is 1. The molecule has 1 atom stereocenters. The van der Waals surface area contributed by atoms with Crippen LogP contribution in [0.25, 0.3) is 0 Å².